The lowest BCUT2D eigenvalue weighted by Gasteiger charge is -2.22. The van der Waals surface area contributed by atoms with Gasteiger partial charge in [0.15, 0.2) is 0 Å². The number of hydrogen-bond acceptors (Lipinski definition) is 3. The van der Waals surface area contributed by atoms with Crippen LogP contribution < -0.4 is 10.1 Å². The molecule has 0 saturated carbocycles. The highest BCUT2D eigenvalue weighted by atomic mass is 19.4. The summed E-state index contributed by atoms with van der Waals surface area (Å²) in [5, 5.41) is 3.24. The monoisotopic (exact) mass is 276 g/mol. The van der Waals surface area contributed by atoms with E-state index in [1.54, 1.807) is 12.1 Å². The molecule has 0 heterocycles. The highest BCUT2D eigenvalue weighted by Gasteiger charge is 2.31. The summed E-state index contributed by atoms with van der Waals surface area (Å²) in [6, 6.07) is 6.05. The largest absolute Gasteiger partial charge is 0.573 e. The van der Waals surface area contributed by atoms with Crippen LogP contribution in [0.15, 0.2) is 24.3 Å². The molecule has 0 aliphatic carbocycles. The molecule has 108 valence electrons. The smallest absolute Gasteiger partial charge is 0.406 e. The molecule has 6 heteroatoms. The fourth-order valence-electron chi connectivity index (χ4n) is 1.83. The van der Waals surface area contributed by atoms with Crippen molar-refractivity contribution in [3.05, 3.63) is 29.8 Å². The van der Waals surface area contributed by atoms with E-state index in [1.807, 2.05) is 25.9 Å². The molecule has 0 bridgehead atoms. The quantitative estimate of drug-likeness (QED) is 0.864. The van der Waals surface area contributed by atoms with Gasteiger partial charge in [-0.2, -0.15) is 0 Å². The Labute approximate surface area is 111 Å². The third kappa shape index (κ3) is 5.94. The predicted molar refractivity (Wildman–Crippen MR) is 68.1 cm³/mol. The lowest BCUT2D eigenvalue weighted by atomic mass is 10.1. The number of alkyl halides is 3. The Morgan fingerprint density at radius 1 is 1.32 bits per heavy atom. The van der Waals surface area contributed by atoms with E-state index in [2.05, 4.69) is 10.1 Å². The molecule has 1 N–H and O–H groups in total. The number of nitrogens with one attached hydrogen (secondary N) is 1. The summed E-state index contributed by atoms with van der Waals surface area (Å²) in [6.45, 7) is 3.39. The molecule has 1 atom stereocenters. The van der Waals surface area contributed by atoms with Gasteiger partial charge in [0.1, 0.15) is 5.75 Å². The van der Waals surface area contributed by atoms with Crippen molar-refractivity contribution in [3.63, 3.8) is 0 Å². The van der Waals surface area contributed by atoms with Gasteiger partial charge in [-0.25, -0.2) is 0 Å². The van der Waals surface area contributed by atoms with Crippen LogP contribution in [0, 0.1) is 0 Å². The zero-order valence-electron chi connectivity index (χ0n) is 11.3. The number of benzene rings is 1. The van der Waals surface area contributed by atoms with Gasteiger partial charge in [0.25, 0.3) is 0 Å². The van der Waals surface area contributed by atoms with Crippen molar-refractivity contribution in [2.75, 3.05) is 27.2 Å². The van der Waals surface area contributed by atoms with Crippen LogP contribution in [0.2, 0.25) is 0 Å². The Bertz CT molecular complexity index is 394. The second-order valence-electron chi connectivity index (χ2n) is 4.49. The predicted octanol–water partition coefficient (Wildman–Crippen LogP) is 2.80. The highest BCUT2D eigenvalue weighted by molar-refractivity contribution is 5.31. The van der Waals surface area contributed by atoms with Gasteiger partial charge in [0, 0.05) is 12.6 Å². The van der Waals surface area contributed by atoms with Crippen molar-refractivity contribution in [3.8, 4) is 5.75 Å². The number of halogens is 3. The van der Waals surface area contributed by atoms with Crippen molar-refractivity contribution < 1.29 is 17.9 Å². The van der Waals surface area contributed by atoms with Crippen LogP contribution in [0.25, 0.3) is 0 Å². The SMILES string of the molecule is CCNC(CN(C)C)c1cccc(OC(F)(F)F)c1. The van der Waals surface area contributed by atoms with Gasteiger partial charge < -0.3 is 15.0 Å². The molecule has 0 aliphatic rings. The lowest BCUT2D eigenvalue weighted by Crippen LogP contribution is -2.31. The van der Waals surface area contributed by atoms with Crippen LogP contribution in [-0.2, 0) is 0 Å². The van der Waals surface area contributed by atoms with E-state index in [1.165, 1.54) is 12.1 Å². The van der Waals surface area contributed by atoms with Crippen molar-refractivity contribution in [1.82, 2.24) is 10.2 Å². The van der Waals surface area contributed by atoms with Gasteiger partial charge in [0.05, 0.1) is 0 Å². The first kappa shape index (κ1) is 15.8. The maximum Gasteiger partial charge on any atom is 0.573 e. The van der Waals surface area contributed by atoms with Crippen LogP contribution in [0.3, 0.4) is 0 Å². The average Bonchev–Trinajstić information content (AvgIpc) is 2.26. The summed E-state index contributed by atoms with van der Waals surface area (Å²) in [5.74, 6) is -0.188. The molecular formula is C13H19F3N2O. The van der Waals surface area contributed by atoms with Gasteiger partial charge in [-0.3, -0.25) is 0 Å². The van der Waals surface area contributed by atoms with Gasteiger partial charge in [-0.1, -0.05) is 19.1 Å². The Kier molecular flexibility index (Phi) is 5.62. The third-order valence-electron chi connectivity index (χ3n) is 2.49. The summed E-state index contributed by atoms with van der Waals surface area (Å²) in [5.41, 5.74) is 0.775. The first-order valence-corrected chi connectivity index (χ1v) is 6.05. The number of nitrogens with zero attached hydrogens (tertiary/aromatic N) is 1. The molecule has 19 heavy (non-hydrogen) atoms. The zero-order valence-corrected chi connectivity index (χ0v) is 11.3. The van der Waals surface area contributed by atoms with Crippen LogP contribution in [0.1, 0.15) is 18.5 Å². The number of likely N-dealkylation sites (N-methyl/N-ethyl adjacent to an activating group) is 2. The maximum atomic E-state index is 12.2. The van der Waals surface area contributed by atoms with Crippen molar-refractivity contribution in [2.45, 2.75) is 19.3 Å². The van der Waals surface area contributed by atoms with Gasteiger partial charge >= 0.3 is 6.36 Å². The van der Waals surface area contributed by atoms with Crippen LogP contribution in [0.5, 0.6) is 5.75 Å². The summed E-state index contributed by atoms with van der Waals surface area (Å²) in [4.78, 5) is 1.98. The topological polar surface area (TPSA) is 24.5 Å². The third-order valence-corrected chi connectivity index (χ3v) is 2.49. The molecule has 0 aromatic heterocycles. The molecule has 0 amide bonds. The van der Waals surface area contributed by atoms with E-state index < -0.39 is 6.36 Å². The van der Waals surface area contributed by atoms with Gasteiger partial charge in [-0.15, -0.1) is 13.2 Å². The molecule has 0 fully saturated rings. The Hall–Kier alpha value is -1.27. The van der Waals surface area contributed by atoms with E-state index in [-0.39, 0.29) is 11.8 Å². The maximum absolute atomic E-state index is 12.2. The Balaban J connectivity index is 2.88. The van der Waals surface area contributed by atoms with Gasteiger partial charge in [0.2, 0.25) is 0 Å². The first-order chi connectivity index (χ1) is 8.81. The minimum Gasteiger partial charge on any atom is -0.406 e. The first-order valence-electron chi connectivity index (χ1n) is 6.05. The molecule has 0 spiro atoms. The van der Waals surface area contributed by atoms with E-state index >= 15 is 0 Å². The van der Waals surface area contributed by atoms with Crippen LogP contribution >= 0.6 is 0 Å². The van der Waals surface area contributed by atoms with E-state index in [4.69, 9.17) is 0 Å². The molecule has 1 unspecified atom stereocenters. The Morgan fingerprint density at radius 3 is 2.53 bits per heavy atom. The molecule has 0 radical (unpaired) electrons. The van der Waals surface area contributed by atoms with Crippen molar-refractivity contribution in [1.29, 1.82) is 0 Å². The van der Waals surface area contributed by atoms with E-state index in [0.717, 1.165) is 12.1 Å². The molecular weight excluding hydrogens is 257 g/mol. The molecule has 1 rings (SSSR count). The normalized spacial score (nSPS) is 13.6. The van der Waals surface area contributed by atoms with Crippen LogP contribution in [0.4, 0.5) is 13.2 Å². The minimum atomic E-state index is -4.66. The minimum absolute atomic E-state index is 0.0308. The second-order valence-corrected chi connectivity index (χ2v) is 4.49. The summed E-state index contributed by atoms with van der Waals surface area (Å²) >= 11 is 0. The molecule has 0 saturated heterocycles. The second kappa shape index (κ2) is 6.77. The van der Waals surface area contributed by atoms with Crippen molar-refractivity contribution >= 4 is 0 Å². The Morgan fingerprint density at radius 2 is 2.00 bits per heavy atom. The molecule has 1 aromatic carbocycles. The average molecular weight is 276 g/mol. The fraction of sp³-hybridized carbons (Fsp3) is 0.538. The van der Waals surface area contributed by atoms with E-state index in [0.29, 0.717) is 6.54 Å². The molecule has 3 nitrogen and oxygen atoms in total. The highest BCUT2D eigenvalue weighted by Crippen LogP contribution is 2.25. The van der Waals surface area contributed by atoms with Crippen molar-refractivity contribution in [2.24, 2.45) is 0 Å². The van der Waals surface area contributed by atoms with Crippen LogP contribution in [-0.4, -0.2) is 38.4 Å². The molecule has 1 aromatic rings. The lowest BCUT2D eigenvalue weighted by molar-refractivity contribution is -0.274. The number of hydrogen-bond donors (Lipinski definition) is 1. The summed E-state index contributed by atoms with van der Waals surface area (Å²) in [6.07, 6.45) is -4.66. The summed E-state index contributed by atoms with van der Waals surface area (Å²) < 4.78 is 40.5. The zero-order chi connectivity index (χ0) is 14.5. The molecule has 0 aliphatic heterocycles. The standard InChI is InChI=1S/C13H19F3N2O/c1-4-17-12(9-18(2)3)10-6-5-7-11(8-10)19-13(14,15)16/h5-8,12,17H,4,9H2,1-3H3. The number of ether oxygens (including phenoxy) is 1. The van der Waals surface area contributed by atoms with E-state index in [9.17, 15) is 13.2 Å². The van der Waals surface area contributed by atoms with Gasteiger partial charge in [-0.05, 0) is 38.3 Å². The number of rotatable bonds is 6. The fourth-order valence-corrected chi connectivity index (χ4v) is 1.83. The summed E-state index contributed by atoms with van der Waals surface area (Å²) in [7, 11) is 3.83.